The molecule has 1 amide bonds. The van der Waals surface area contributed by atoms with Crippen molar-refractivity contribution in [2.45, 2.75) is 129 Å². The maximum atomic E-state index is 12.2. The minimum atomic E-state index is -0.478. The van der Waals surface area contributed by atoms with E-state index >= 15 is 0 Å². The molecule has 0 aromatic rings. The molecule has 0 bridgehead atoms. The number of nitrogens with one attached hydrogen (secondary N) is 1. The van der Waals surface area contributed by atoms with Crippen LogP contribution in [0.5, 0.6) is 0 Å². The van der Waals surface area contributed by atoms with E-state index < -0.39 is 5.60 Å². The third kappa shape index (κ3) is 4.89. The standard InChI is InChI=1S/C34H52N2O4/c1-21-20-34(14-12-25-26-10-9-23-18-24(37)11-13-33(23,6)28(26)19-27(21)25)22(2)30-29(39-34)8-7-16-36(30)17-15-35-31(38)40-32(3,4)5/h18,22,25-26,28-30H,7-17,19-20H2,1-6H3,(H,35,38). The molecule has 222 valence electrons. The van der Waals surface area contributed by atoms with Gasteiger partial charge in [-0.1, -0.05) is 30.6 Å². The molecule has 6 heteroatoms. The van der Waals surface area contributed by atoms with Gasteiger partial charge >= 0.3 is 6.09 Å². The fourth-order valence-electron chi connectivity index (χ4n) is 10.1. The number of carbonyl (C=O) groups excluding carboxylic acids is 2. The lowest BCUT2D eigenvalue weighted by atomic mass is 9.56. The summed E-state index contributed by atoms with van der Waals surface area (Å²) in [5, 5.41) is 2.97. The van der Waals surface area contributed by atoms with Gasteiger partial charge in [0.2, 0.25) is 0 Å². The third-order valence-electron chi connectivity index (χ3n) is 12.0. The number of likely N-dealkylation sites (tertiary alicyclic amines) is 1. The second-order valence-corrected chi connectivity index (χ2v) is 15.3. The van der Waals surface area contributed by atoms with Crippen LogP contribution < -0.4 is 5.32 Å². The Bertz CT molecular complexity index is 1100. The van der Waals surface area contributed by atoms with Gasteiger partial charge < -0.3 is 14.8 Å². The summed E-state index contributed by atoms with van der Waals surface area (Å²) in [6, 6.07) is 0.415. The summed E-state index contributed by atoms with van der Waals surface area (Å²) in [5.41, 5.74) is 4.46. The van der Waals surface area contributed by atoms with Gasteiger partial charge in [0, 0.05) is 31.5 Å². The van der Waals surface area contributed by atoms with Crippen LogP contribution >= 0.6 is 0 Å². The average molecular weight is 553 g/mol. The number of amides is 1. The molecule has 0 radical (unpaired) electrons. The Labute approximate surface area is 241 Å². The number of hydrogen-bond donors (Lipinski definition) is 1. The molecular weight excluding hydrogens is 500 g/mol. The molecule has 1 spiro atoms. The molecule has 6 rings (SSSR count). The molecule has 2 saturated carbocycles. The summed E-state index contributed by atoms with van der Waals surface area (Å²) in [5.74, 6) is 2.95. The van der Waals surface area contributed by atoms with Crippen molar-refractivity contribution in [1.29, 1.82) is 0 Å². The maximum Gasteiger partial charge on any atom is 0.407 e. The van der Waals surface area contributed by atoms with E-state index in [9.17, 15) is 9.59 Å². The fourth-order valence-corrected chi connectivity index (χ4v) is 10.1. The minimum Gasteiger partial charge on any atom is -0.444 e. The monoisotopic (exact) mass is 552 g/mol. The van der Waals surface area contributed by atoms with Crippen molar-refractivity contribution in [2.75, 3.05) is 19.6 Å². The number of alkyl carbamates (subject to hydrolysis) is 1. The van der Waals surface area contributed by atoms with E-state index in [1.54, 1.807) is 11.1 Å². The van der Waals surface area contributed by atoms with E-state index in [-0.39, 0.29) is 23.2 Å². The van der Waals surface area contributed by atoms with E-state index in [1.165, 1.54) is 24.8 Å². The highest BCUT2D eigenvalue weighted by Crippen LogP contribution is 2.64. The first-order valence-corrected chi connectivity index (χ1v) is 16.2. The van der Waals surface area contributed by atoms with Crippen molar-refractivity contribution in [1.82, 2.24) is 10.2 Å². The van der Waals surface area contributed by atoms with Gasteiger partial charge in [-0.05, 0) is 121 Å². The van der Waals surface area contributed by atoms with E-state index in [0.717, 1.165) is 64.0 Å². The van der Waals surface area contributed by atoms with Crippen LogP contribution in [0.25, 0.3) is 0 Å². The van der Waals surface area contributed by atoms with Gasteiger partial charge in [-0.25, -0.2) is 4.79 Å². The summed E-state index contributed by atoms with van der Waals surface area (Å²) in [7, 11) is 0. The molecule has 4 aliphatic carbocycles. The summed E-state index contributed by atoms with van der Waals surface area (Å²) in [6.07, 6.45) is 13.1. The highest BCUT2D eigenvalue weighted by Gasteiger charge is 2.59. The molecule has 8 unspecified atom stereocenters. The van der Waals surface area contributed by atoms with Gasteiger partial charge in [-0.2, -0.15) is 0 Å². The molecule has 6 aliphatic rings. The van der Waals surface area contributed by atoms with E-state index in [1.807, 2.05) is 26.8 Å². The number of piperidine rings is 1. The molecule has 2 heterocycles. The van der Waals surface area contributed by atoms with Crippen molar-refractivity contribution in [3.8, 4) is 0 Å². The Morgan fingerprint density at radius 3 is 2.77 bits per heavy atom. The lowest BCUT2D eigenvalue weighted by Gasteiger charge is -2.48. The summed E-state index contributed by atoms with van der Waals surface area (Å²) in [4.78, 5) is 27.0. The van der Waals surface area contributed by atoms with Crippen molar-refractivity contribution in [3.05, 3.63) is 22.8 Å². The van der Waals surface area contributed by atoms with Gasteiger partial charge in [0.25, 0.3) is 0 Å². The molecule has 8 atom stereocenters. The second kappa shape index (κ2) is 10.3. The number of carbonyl (C=O) groups is 2. The zero-order valence-corrected chi connectivity index (χ0v) is 25.8. The molecule has 2 saturated heterocycles. The van der Waals surface area contributed by atoms with E-state index in [4.69, 9.17) is 9.47 Å². The van der Waals surface area contributed by atoms with Crippen molar-refractivity contribution in [2.24, 2.45) is 29.1 Å². The van der Waals surface area contributed by atoms with Crippen LogP contribution in [0.1, 0.15) is 106 Å². The Hall–Kier alpha value is -1.66. The van der Waals surface area contributed by atoms with Crippen LogP contribution in [0.2, 0.25) is 0 Å². The van der Waals surface area contributed by atoms with Crippen LogP contribution in [0, 0.1) is 29.1 Å². The Kier molecular flexibility index (Phi) is 7.30. The van der Waals surface area contributed by atoms with Crippen molar-refractivity contribution < 1.29 is 19.1 Å². The van der Waals surface area contributed by atoms with E-state index in [2.05, 4.69) is 31.0 Å². The molecule has 40 heavy (non-hydrogen) atoms. The van der Waals surface area contributed by atoms with Gasteiger partial charge in [0.05, 0.1) is 11.7 Å². The zero-order chi connectivity index (χ0) is 28.4. The predicted molar refractivity (Wildman–Crippen MR) is 157 cm³/mol. The Balaban J connectivity index is 1.16. The fraction of sp³-hybridized carbons (Fsp3) is 0.824. The first-order valence-electron chi connectivity index (χ1n) is 16.2. The Morgan fingerprint density at radius 2 is 2.00 bits per heavy atom. The predicted octanol–water partition coefficient (Wildman–Crippen LogP) is 6.59. The zero-order valence-electron chi connectivity index (χ0n) is 25.8. The molecule has 1 N–H and O–H groups in total. The molecule has 0 aromatic heterocycles. The highest BCUT2D eigenvalue weighted by atomic mass is 16.6. The molecule has 0 aromatic carbocycles. The minimum absolute atomic E-state index is 0.0751. The van der Waals surface area contributed by atoms with Crippen LogP contribution in [0.4, 0.5) is 4.79 Å². The maximum absolute atomic E-state index is 12.2. The first kappa shape index (κ1) is 28.5. The SMILES string of the molecule is CC1=C2CC3C(CCC4=CC(=O)CCC43C)C2CCC2(C1)OC1CCCN(CCNC(=O)OC(C)(C)C)C1C2C. The highest BCUT2D eigenvalue weighted by molar-refractivity contribution is 5.91. The van der Waals surface area contributed by atoms with Gasteiger partial charge in [-0.15, -0.1) is 0 Å². The lowest BCUT2D eigenvalue weighted by molar-refractivity contribution is -0.116. The average Bonchev–Trinajstić information content (AvgIpc) is 3.34. The smallest absolute Gasteiger partial charge is 0.407 e. The summed E-state index contributed by atoms with van der Waals surface area (Å²) < 4.78 is 12.6. The number of ether oxygens (including phenoxy) is 2. The van der Waals surface area contributed by atoms with Gasteiger partial charge in [0.1, 0.15) is 5.60 Å². The number of ketones is 1. The van der Waals surface area contributed by atoms with E-state index in [0.29, 0.717) is 36.1 Å². The van der Waals surface area contributed by atoms with Crippen LogP contribution in [0.3, 0.4) is 0 Å². The number of allylic oxidation sites excluding steroid dienone is 3. The normalized spacial score (nSPS) is 41.5. The largest absolute Gasteiger partial charge is 0.444 e. The van der Waals surface area contributed by atoms with Gasteiger partial charge in [0.15, 0.2) is 5.78 Å². The summed E-state index contributed by atoms with van der Waals surface area (Å²) >= 11 is 0. The van der Waals surface area contributed by atoms with Crippen LogP contribution in [-0.4, -0.2) is 59.8 Å². The van der Waals surface area contributed by atoms with Crippen LogP contribution in [-0.2, 0) is 14.3 Å². The quantitative estimate of drug-likeness (QED) is 0.400. The molecular formula is C34H52N2O4. The van der Waals surface area contributed by atoms with Crippen molar-refractivity contribution in [3.63, 3.8) is 0 Å². The number of rotatable bonds is 3. The number of hydrogen-bond acceptors (Lipinski definition) is 5. The molecule has 4 fully saturated rings. The van der Waals surface area contributed by atoms with Crippen molar-refractivity contribution >= 4 is 11.9 Å². The topological polar surface area (TPSA) is 67.9 Å². The number of nitrogens with zero attached hydrogens (tertiary/aromatic N) is 1. The van der Waals surface area contributed by atoms with Gasteiger partial charge in [-0.3, -0.25) is 9.69 Å². The Morgan fingerprint density at radius 1 is 1.20 bits per heavy atom. The summed E-state index contributed by atoms with van der Waals surface area (Å²) in [6.45, 7) is 15.6. The lowest BCUT2D eigenvalue weighted by Crippen LogP contribution is -2.51. The number of fused-ring (bicyclic) bond motifs is 6. The molecule has 6 nitrogen and oxygen atoms in total. The first-order chi connectivity index (χ1) is 18.9. The van der Waals surface area contributed by atoms with Crippen LogP contribution in [0.15, 0.2) is 22.8 Å². The molecule has 2 aliphatic heterocycles. The second-order valence-electron chi connectivity index (χ2n) is 15.3. The third-order valence-corrected chi connectivity index (χ3v) is 12.0.